The van der Waals surface area contributed by atoms with Crippen molar-refractivity contribution < 1.29 is 9.59 Å². The molecule has 0 saturated carbocycles. The molecule has 2 N–H and O–H groups in total. The zero-order valence-electron chi connectivity index (χ0n) is 17.0. The number of anilines is 1. The number of carbonyl (C=O) groups is 2. The highest BCUT2D eigenvalue weighted by Gasteiger charge is 2.16. The lowest BCUT2D eigenvalue weighted by Gasteiger charge is -2.13. The van der Waals surface area contributed by atoms with Crippen LogP contribution >= 0.6 is 22.9 Å². The van der Waals surface area contributed by atoms with Crippen molar-refractivity contribution in [1.29, 1.82) is 0 Å². The number of amides is 2. The summed E-state index contributed by atoms with van der Waals surface area (Å²) in [7, 11) is 3.89. The number of halogens is 1. The van der Waals surface area contributed by atoms with Crippen molar-refractivity contribution in [2.75, 3.05) is 19.0 Å². The number of benzene rings is 2. The van der Waals surface area contributed by atoms with Crippen molar-refractivity contribution >= 4 is 52.7 Å². The topological polar surface area (TPSA) is 73.8 Å². The first-order valence-electron chi connectivity index (χ1n) is 9.36. The van der Waals surface area contributed by atoms with E-state index in [1.165, 1.54) is 11.3 Å². The van der Waals surface area contributed by atoms with E-state index in [0.717, 1.165) is 16.1 Å². The maximum atomic E-state index is 12.8. The van der Waals surface area contributed by atoms with Gasteiger partial charge in [-0.25, -0.2) is 5.43 Å². The Morgan fingerprint density at radius 2 is 1.77 bits per heavy atom. The van der Waals surface area contributed by atoms with E-state index >= 15 is 0 Å². The van der Waals surface area contributed by atoms with E-state index in [9.17, 15) is 9.59 Å². The molecule has 0 spiro atoms. The van der Waals surface area contributed by atoms with Crippen LogP contribution < -0.4 is 15.6 Å². The molecule has 1 aromatic heterocycles. The van der Waals surface area contributed by atoms with Gasteiger partial charge in [0.05, 0.1) is 16.8 Å². The predicted octanol–water partition coefficient (Wildman–Crippen LogP) is 4.39. The number of hydrogen-bond donors (Lipinski definition) is 2. The van der Waals surface area contributed by atoms with Crippen LogP contribution in [0.5, 0.6) is 0 Å². The summed E-state index contributed by atoms with van der Waals surface area (Å²) in [6, 6.07) is 18.0. The van der Waals surface area contributed by atoms with Crippen molar-refractivity contribution in [3.8, 4) is 0 Å². The van der Waals surface area contributed by atoms with Crippen molar-refractivity contribution in [3.63, 3.8) is 0 Å². The third-order valence-electron chi connectivity index (χ3n) is 4.23. The molecule has 0 aliphatic heterocycles. The predicted molar refractivity (Wildman–Crippen MR) is 128 cm³/mol. The van der Waals surface area contributed by atoms with Gasteiger partial charge in [0.2, 0.25) is 0 Å². The summed E-state index contributed by atoms with van der Waals surface area (Å²) >= 11 is 7.62. The standard InChI is InChI=1S/C23H21ClN4O2S/c1-28(2)17-11-9-16(10-12-17)14-21(23(30)27-25-15-18-6-5-13-31-18)26-22(29)19-7-3-4-8-20(19)24/h3-15H,1-2H3,(H,26,29)(H,27,30). The molecule has 0 saturated heterocycles. The highest BCUT2D eigenvalue weighted by Crippen LogP contribution is 2.17. The van der Waals surface area contributed by atoms with Gasteiger partial charge < -0.3 is 10.2 Å². The van der Waals surface area contributed by atoms with Crippen LogP contribution in [0.4, 0.5) is 5.69 Å². The summed E-state index contributed by atoms with van der Waals surface area (Å²) < 4.78 is 0. The van der Waals surface area contributed by atoms with Crippen molar-refractivity contribution in [1.82, 2.24) is 10.7 Å². The molecule has 31 heavy (non-hydrogen) atoms. The first kappa shape index (κ1) is 22.3. The van der Waals surface area contributed by atoms with Crippen LogP contribution in [0.3, 0.4) is 0 Å². The number of rotatable bonds is 7. The summed E-state index contributed by atoms with van der Waals surface area (Å²) in [5.74, 6) is -1.04. The molecule has 3 aromatic rings. The Morgan fingerprint density at radius 3 is 2.42 bits per heavy atom. The second-order valence-electron chi connectivity index (χ2n) is 6.69. The highest BCUT2D eigenvalue weighted by molar-refractivity contribution is 7.11. The zero-order valence-corrected chi connectivity index (χ0v) is 18.6. The SMILES string of the molecule is CN(C)c1ccc(C=C(NC(=O)c2ccccc2Cl)C(=O)NN=Cc2cccs2)cc1. The van der Waals surface area contributed by atoms with Crippen LogP contribution in [0.2, 0.25) is 5.02 Å². The smallest absolute Gasteiger partial charge is 0.287 e. The van der Waals surface area contributed by atoms with Gasteiger partial charge in [-0.15, -0.1) is 11.3 Å². The molecule has 2 amide bonds. The Morgan fingerprint density at radius 1 is 1.03 bits per heavy atom. The van der Waals surface area contributed by atoms with E-state index in [2.05, 4.69) is 15.8 Å². The normalized spacial score (nSPS) is 11.4. The van der Waals surface area contributed by atoms with Crippen LogP contribution in [0.25, 0.3) is 6.08 Å². The van der Waals surface area contributed by atoms with Crippen molar-refractivity contribution in [2.45, 2.75) is 0 Å². The molecule has 0 aliphatic carbocycles. The third kappa shape index (κ3) is 6.28. The van der Waals surface area contributed by atoms with Crippen LogP contribution in [0.1, 0.15) is 20.8 Å². The van der Waals surface area contributed by atoms with E-state index in [-0.39, 0.29) is 11.3 Å². The molecule has 0 bridgehead atoms. The Bertz CT molecular complexity index is 1110. The molecule has 0 radical (unpaired) electrons. The monoisotopic (exact) mass is 452 g/mol. The van der Waals surface area contributed by atoms with Gasteiger partial charge >= 0.3 is 0 Å². The molecule has 0 aliphatic rings. The maximum Gasteiger partial charge on any atom is 0.287 e. The molecule has 0 atom stereocenters. The first-order valence-corrected chi connectivity index (χ1v) is 10.6. The van der Waals surface area contributed by atoms with Gasteiger partial charge in [-0.3, -0.25) is 9.59 Å². The van der Waals surface area contributed by atoms with Gasteiger partial charge in [0, 0.05) is 24.7 Å². The Labute approximate surface area is 189 Å². The van der Waals surface area contributed by atoms with Gasteiger partial charge in [-0.05, 0) is 47.4 Å². The summed E-state index contributed by atoms with van der Waals surface area (Å²) in [6.07, 6.45) is 3.13. The molecule has 1 heterocycles. The fourth-order valence-corrected chi connectivity index (χ4v) is 3.41. The van der Waals surface area contributed by atoms with Gasteiger partial charge in [-0.2, -0.15) is 5.10 Å². The Hall–Kier alpha value is -3.42. The second-order valence-corrected chi connectivity index (χ2v) is 8.08. The summed E-state index contributed by atoms with van der Waals surface area (Å²) in [5, 5.41) is 8.83. The number of thiophene rings is 1. The van der Waals surface area contributed by atoms with E-state index in [1.807, 2.05) is 60.8 Å². The lowest BCUT2D eigenvalue weighted by Crippen LogP contribution is -2.33. The minimum atomic E-state index is -0.551. The average molecular weight is 453 g/mol. The lowest BCUT2D eigenvalue weighted by molar-refractivity contribution is -0.117. The Balaban J connectivity index is 1.84. The minimum Gasteiger partial charge on any atom is -0.378 e. The van der Waals surface area contributed by atoms with E-state index in [1.54, 1.807) is 36.6 Å². The summed E-state index contributed by atoms with van der Waals surface area (Å²) in [6.45, 7) is 0. The molecular weight excluding hydrogens is 432 g/mol. The van der Waals surface area contributed by atoms with Gasteiger partial charge in [-0.1, -0.05) is 41.9 Å². The van der Waals surface area contributed by atoms with E-state index in [0.29, 0.717) is 5.02 Å². The summed E-state index contributed by atoms with van der Waals surface area (Å²) in [4.78, 5) is 28.3. The van der Waals surface area contributed by atoms with Crippen LogP contribution in [-0.4, -0.2) is 32.1 Å². The number of hydrazone groups is 1. The molecule has 0 unspecified atom stereocenters. The average Bonchev–Trinajstić information content (AvgIpc) is 3.27. The molecule has 158 valence electrons. The van der Waals surface area contributed by atoms with Crippen LogP contribution in [-0.2, 0) is 4.79 Å². The fraction of sp³-hybridized carbons (Fsp3) is 0.0870. The molecular formula is C23H21ClN4O2S. The van der Waals surface area contributed by atoms with Crippen molar-refractivity contribution in [2.24, 2.45) is 5.10 Å². The number of nitrogens with zero attached hydrogens (tertiary/aromatic N) is 2. The van der Waals surface area contributed by atoms with Crippen LogP contribution in [0.15, 0.2) is 76.8 Å². The molecule has 3 rings (SSSR count). The largest absolute Gasteiger partial charge is 0.378 e. The second kappa shape index (κ2) is 10.6. The van der Waals surface area contributed by atoms with Crippen LogP contribution in [0, 0.1) is 0 Å². The minimum absolute atomic E-state index is 0.0471. The quantitative estimate of drug-likeness (QED) is 0.317. The molecule has 2 aromatic carbocycles. The van der Waals surface area contributed by atoms with E-state index in [4.69, 9.17) is 11.6 Å². The fourth-order valence-electron chi connectivity index (χ4n) is 2.61. The summed E-state index contributed by atoms with van der Waals surface area (Å²) in [5.41, 5.74) is 4.54. The number of carbonyl (C=O) groups excluding carboxylic acids is 2. The molecule has 0 fully saturated rings. The van der Waals surface area contributed by atoms with Gasteiger partial charge in [0.1, 0.15) is 5.70 Å². The van der Waals surface area contributed by atoms with E-state index < -0.39 is 11.8 Å². The first-order chi connectivity index (χ1) is 14.9. The maximum absolute atomic E-state index is 12.8. The number of hydrogen-bond acceptors (Lipinski definition) is 5. The number of nitrogens with one attached hydrogen (secondary N) is 2. The highest BCUT2D eigenvalue weighted by atomic mass is 35.5. The van der Waals surface area contributed by atoms with Gasteiger partial charge in [0.15, 0.2) is 0 Å². The van der Waals surface area contributed by atoms with Crippen molar-refractivity contribution in [3.05, 3.63) is 92.8 Å². The molecule has 8 heteroatoms. The zero-order chi connectivity index (χ0) is 22.2. The molecule has 6 nitrogen and oxygen atoms in total. The Kier molecular flexibility index (Phi) is 7.59. The third-order valence-corrected chi connectivity index (χ3v) is 5.37. The lowest BCUT2D eigenvalue weighted by atomic mass is 10.1. The van der Waals surface area contributed by atoms with Gasteiger partial charge in [0.25, 0.3) is 11.8 Å².